The van der Waals surface area contributed by atoms with Crippen LogP contribution in [0.4, 0.5) is 13.2 Å². The van der Waals surface area contributed by atoms with Crippen LogP contribution in [0, 0.1) is 0 Å². The summed E-state index contributed by atoms with van der Waals surface area (Å²) < 4.78 is 31.7. The molecule has 0 bridgehead atoms. The fourth-order valence-electron chi connectivity index (χ4n) is 3.71. The molecular weight excluding hydrogens is 437 g/mol. The van der Waals surface area contributed by atoms with Crippen LogP contribution in [0.3, 0.4) is 0 Å². The third-order valence-electron chi connectivity index (χ3n) is 5.29. The van der Waals surface area contributed by atoms with Gasteiger partial charge >= 0.3 is 18.1 Å². The average molecular weight is 464 g/mol. The summed E-state index contributed by atoms with van der Waals surface area (Å²) in [5.41, 5.74) is 9.47. The van der Waals surface area contributed by atoms with Gasteiger partial charge in [-0.15, -0.1) is 0 Å². The van der Waals surface area contributed by atoms with Gasteiger partial charge in [-0.3, -0.25) is 9.69 Å². The molecule has 0 aliphatic carbocycles. The number of likely N-dealkylation sites (tertiary alicyclic amines) is 1. The second-order valence-corrected chi connectivity index (χ2v) is 7.55. The molecule has 1 fully saturated rings. The smallest absolute Gasteiger partial charge is 0.480 e. The lowest BCUT2D eigenvalue weighted by Crippen LogP contribution is -2.48. The number of benzene rings is 2. The SMILES string of the molecule is N[C@H](C(=O)O)[C@H]1CCCN1CCC=C(c1ccccc1)c1ccccc1.O=C(O)C(F)(F)F. The molecule has 0 spiro atoms. The van der Waals surface area contributed by atoms with Crippen LogP contribution in [0.25, 0.3) is 5.57 Å². The first-order chi connectivity index (χ1) is 15.6. The zero-order chi connectivity index (χ0) is 24.4. The fraction of sp³-hybridized carbons (Fsp3) is 0.333. The quantitative estimate of drug-likeness (QED) is 0.572. The van der Waals surface area contributed by atoms with Crippen molar-refractivity contribution in [3.63, 3.8) is 0 Å². The van der Waals surface area contributed by atoms with Crippen molar-refractivity contribution < 1.29 is 33.0 Å². The van der Waals surface area contributed by atoms with E-state index in [0.717, 1.165) is 32.4 Å². The Morgan fingerprint density at radius 1 is 1.03 bits per heavy atom. The Bertz CT molecular complexity index is 892. The van der Waals surface area contributed by atoms with Gasteiger partial charge in [0.05, 0.1) is 0 Å². The lowest BCUT2D eigenvalue weighted by Gasteiger charge is -2.26. The summed E-state index contributed by atoms with van der Waals surface area (Å²) in [4.78, 5) is 22.3. The number of nitrogens with two attached hydrogens (primary N) is 1. The van der Waals surface area contributed by atoms with Crippen molar-refractivity contribution in [2.45, 2.75) is 37.5 Å². The fourth-order valence-corrected chi connectivity index (χ4v) is 3.71. The predicted molar refractivity (Wildman–Crippen MR) is 118 cm³/mol. The second kappa shape index (κ2) is 12.2. The first-order valence-electron chi connectivity index (χ1n) is 10.4. The highest BCUT2D eigenvalue weighted by Gasteiger charge is 2.38. The Kier molecular flexibility index (Phi) is 9.62. The minimum Gasteiger partial charge on any atom is -0.480 e. The predicted octanol–water partition coefficient (Wildman–Crippen LogP) is 4.02. The number of hydrogen-bond acceptors (Lipinski definition) is 4. The molecule has 9 heteroatoms. The molecule has 2 aromatic carbocycles. The third kappa shape index (κ3) is 8.03. The Morgan fingerprint density at radius 3 is 1.94 bits per heavy atom. The van der Waals surface area contributed by atoms with E-state index in [2.05, 4.69) is 59.5 Å². The van der Waals surface area contributed by atoms with Gasteiger partial charge in [0.1, 0.15) is 6.04 Å². The third-order valence-corrected chi connectivity index (χ3v) is 5.29. The number of rotatable bonds is 7. The van der Waals surface area contributed by atoms with Crippen LogP contribution >= 0.6 is 0 Å². The van der Waals surface area contributed by atoms with Crippen LogP contribution in [0.2, 0.25) is 0 Å². The van der Waals surface area contributed by atoms with E-state index >= 15 is 0 Å². The van der Waals surface area contributed by atoms with Crippen molar-refractivity contribution >= 4 is 17.5 Å². The number of aliphatic carboxylic acids is 2. The first kappa shape index (κ1) is 26.1. The van der Waals surface area contributed by atoms with E-state index in [9.17, 15) is 23.1 Å². The van der Waals surface area contributed by atoms with Gasteiger partial charge < -0.3 is 15.9 Å². The molecule has 2 aromatic rings. The van der Waals surface area contributed by atoms with E-state index in [1.54, 1.807) is 0 Å². The molecule has 2 atom stereocenters. The summed E-state index contributed by atoms with van der Waals surface area (Å²) in [5.74, 6) is -3.67. The van der Waals surface area contributed by atoms with Gasteiger partial charge in [-0.2, -0.15) is 13.2 Å². The summed E-state index contributed by atoms with van der Waals surface area (Å²) in [7, 11) is 0. The summed E-state index contributed by atoms with van der Waals surface area (Å²) in [6.45, 7) is 1.75. The number of alkyl halides is 3. The van der Waals surface area contributed by atoms with Gasteiger partial charge in [-0.05, 0) is 42.5 Å². The highest BCUT2D eigenvalue weighted by Crippen LogP contribution is 2.25. The minimum absolute atomic E-state index is 0.0576. The highest BCUT2D eigenvalue weighted by atomic mass is 19.4. The Balaban J connectivity index is 0.000000479. The molecular formula is C24H27F3N2O4. The van der Waals surface area contributed by atoms with Gasteiger partial charge in [-0.25, -0.2) is 4.79 Å². The molecule has 1 saturated heterocycles. The Hall–Kier alpha value is -3.17. The summed E-state index contributed by atoms with van der Waals surface area (Å²) in [6.07, 6.45) is -0.0880. The van der Waals surface area contributed by atoms with Crippen molar-refractivity contribution in [1.82, 2.24) is 4.90 Å². The van der Waals surface area contributed by atoms with E-state index in [4.69, 9.17) is 15.6 Å². The molecule has 33 heavy (non-hydrogen) atoms. The summed E-state index contributed by atoms with van der Waals surface area (Å²) >= 11 is 0. The van der Waals surface area contributed by atoms with Crippen molar-refractivity contribution in [3.8, 4) is 0 Å². The highest BCUT2D eigenvalue weighted by molar-refractivity contribution is 5.79. The molecule has 1 aliphatic heterocycles. The van der Waals surface area contributed by atoms with Crippen LogP contribution < -0.4 is 5.73 Å². The Morgan fingerprint density at radius 2 is 1.52 bits per heavy atom. The molecule has 0 unspecified atom stereocenters. The zero-order valence-corrected chi connectivity index (χ0v) is 17.9. The van der Waals surface area contributed by atoms with E-state index in [0.29, 0.717) is 0 Å². The average Bonchev–Trinajstić information content (AvgIpc) is 3.25. The van der Waals surface area contributed by atoms with Crippen LogP contribution in [0.1, 0.15) is 30.4 Å². The summed E-state index contributed by atoms with van der Waals surface area (Å²) in [6, 6.07) is 19.9. The molecule has 0 aromatic heterocycles. The van der Waals surface area contributed by atoms with E-state index in [-0.39, 0.29) is 6.04 Å². The Labute approximate surface area is 190 Å². The monoisotopic (exact) mass is 464 g/mol. The largest absolute Gasteiger partial charge is 0.490 e. The normalized spacial score (nSPS) is 16.9. The maximum Gasteiger partial charge on any atom is 0.490 e. The topological polar surface area (TPSA) is 104 Å². The number of nitrogens with zero attached hydrogens (tertiary/aromatic N) is 1. The van der Waals surface area contributed by atoms with E-state index < -0.39 is 24.2 Å². The van der Waals surface area contributed by atoms with Crippen molar-refractivity contribution in [3.05, 3.63) is 77.9 Å². The van der Waals surface area contributed by atoms with Gasteiger partial charge in [0, 0.05) is 12.6 Å². The molecule has 6 nitrogen and oxygen atoms in total. The van der Waals surface area contributed by atoms with Crippen LogP contribution in [-0.4, -0.2) is 58.4 Å². The molecule has 0 saturated carbocycles. The summed E-state index contributed by atoms with van der Waals surface area (Å²) in [5, 5.41) is 16.3. The van der Waals surface area contributed by atoms with Crippen LogP contribution in [0.5, 0.6) is 0 Å². The van der Waals surface area contributed by atoms with Gasteiger partial charge in [0.15, 0.2) is 0 Å². The number of hydrogen-bond donors (Lipinski definition) is 3. The van der Waals surface area contributed by atoms with Crippen molar-refractivity contribution in [2.24, 2.45) is 5.73 Å². The number of carbonyl (C=O) groups is 2. The lowest BCUT2D eigenvalue weighted by molar-refractivity contribution is -0.192. The molecule has 3 rings (SSSR count). The van der Waals surface area contributed by atoms with Crippen LogP contribution in [0.15, 0.2) is 66.7 Å². The van der Waals surface area contributed by atoms with E-state index in [1.807, 2.05) is 12.1 Å². The van der Waals surface area contributed by atoms with Gasteiger partial charge in [0.2, 0.25) is 0 Å². The van der Waals surface area contributed by atoms with E-state index in [1.165, 1.54) is 16.7 Å². The van der Waals surface area contributed by atoms with Crippen molar-refractivity contribution in [1.29, 1.82) is 0 Å². The standard InChI is InChI=1S/C22H26N2O2.C2HF3O2/c23-21(22(25)26)20-14-8-16-24(20)15-7-13-19(17-9-3-1-4-10-17)18-11-5-2-6-12-18;3-2(4,5)1(6)7/h1-6,9-13,20-21H,7-8,14-16,23H2,(H,25,26);(H,6,7)/t20-,21+;/m1./s1. The maximum absolute atomic E-state index is 11.2. The number of carboxylic acid groups (broad SMARTS) is 2. The molecule has 0 radical (unpaired) electrons. The molecule has 4 N–H and O–H groups in total. The molecule has 1 heterocycles. The first-order valence-corrected chi connectivity index (χ1v) is 10.4. The van der Waals surface area contributed by atoms with Gasteiger partial charge in [0.25, 0.3) is 0 Å². The second-order valence-electron chi connectivity index (χ2n) is 7.55. The van der Waals surface area contributed by atoms with Crippen LogP contribution in [-0.2, 0) is 9.59 Å². The van der Waals surface area contributed by atoms with Gasteiger partial charge in [-0.1, -0.05) is 66.7 Å². The minimum atomic E-state index is -5.08. The number of carboxylic acids is 2. The zero-order valence-electron chi connectivity index (χ0n) is 17.9. The lowest BCUT2D eigenvalue weighted by atomic mass is 9.97. The molecule has 1 aliphatic rings. The maximum atomic E-state index is 11.2. The van der Waals surface area contributed by atoms with Crippen molar-refractivity contribution in [2.75, 3.05) is 13.1 Å². The molecule has 178 valence electrons. The molecule has 0 amide bonds. The number of halogens is 3.